The van der Waals surface area contributed by atoms with Crippen LogP contribution in [0.3, 0.4) is 0 Å². The van der Waals surface area contributed by atoms with E-state index >= 15 is 0 Å². The molecule has 1 aromatic rings. The number of anilines is 1. The van der Waals surface area contributed by atoms with Gasteiger partial charge in [0.05, 0.1) is 12.0 Å². The lowest BCUT2D eigenvalue weighted by Crippen LogP contribution is -2.52. The maximum absolute atomic E-state index is 13.1. The van der Waals surface area contributed by atoms with Crippen molar-refractivity contribution in [3.8, 4) is 0 Å². The number of likely N-dealkylation sites (N-methyl/N-ethyl adjacent to an activating group) is 1. The predicted octanol–water partition coefficient (Wildman–Crippen LogP) is 3.78. The standard InChI is InChI=1S/C18H24Cl2N2O/c1-21-16-10-12(19)6-5-9-17(16)22(13-7-3-2-4-8-13)18(23)14-11-15(14)20/h2-4,7-8,12,14-17,21H,5-6,9-11H2,1H3. The van der Waals surface area contributed by atoms with Gasteiger partial charge in [-0.05, 0) is 51.3 Å². The van der Waals surface area contributed by atoms with Gasteiger partial charge in [-0.1, -0.05) is 18.2 Å². The summed E-state index contributed by atoms with van der Waals surface area (Å²) in [6.07, 6.45) is 4.69. The van der Waals surface area contributed by atoms with E-state index in [0.29, 0.717) is 0 Å². The summed E-state index contributed by atoms with van der Waals surface area (Å²) in [5, 5.41) is 3.56. The lowest BCUT2D eigenvalue weighted by atomic mass is 9.99. The molecule has 0 saturated heterocycles. The molecular formula is C18H24Cl2N2O. The van der Waals surface area contributed by atoms with Crippen molar-refractivity contribution >= 4 is 34.8 Å². The van der Waals surface area contributed by atoms with E-state index in [2.05, 4.69) is 5.32 Å². The van der Waals surface area contributed by atoms with E-state index in [1.165, 1.54) is 0 Å². The van der Waals surface area contributed by atoms with Gasteiger partial charge in [0, 0.05) is 22.5 Å². The summed E-state index contributed by atoms with van der Waals surface area (Å²) in [6.45, 7) is 0. The van der Waals surface area contributed by atoms with Gasteiger partial charge in [-0.2, -0.15) is 0 Å². The molecule has 3 nitrogen and oxygen atoms in total. The van der Waals surface area contributed by atoms with Crippen LogP contribution in [0.4, 0.5) is 5.69 Å². The molecule has 0 aromatic heterocycles. The van der Waals surface area contributed by atoms with Crippen LogP contribution in [-0.4, -0.2) is 35.8 Å². The lowest BCUT2D eigenvalue weighted by Gasteiger charge is -2.37. The molecule has 5 heteroatoms. The summed E-state index contributed by atoms with van der Waals surface area (Å²) < 4.78 is 0. The summed E-state index contributed by atoms with van der Waals surface area (Å²) in [4.78, 5) is 15.0. The summed E-state index contributed by atoms with van der Waals surface area (Å²) in [6, 6.07) is 10.3. The van der Waals surface area contributed by atoms with Crippen molar-refractivity contribution < 1.29 is 4.79 Å². The molecule has 2 fully saturated rings. The molecule has 3 rings (SSSR count). The van der Waals surface area contributed by atoms with Crippen LogP contribution in [0.5, 0.6) is 0 Å². The number of halogens is 2. The zero-order valence-electron chi connectivity index (χ0n) is 13.4. The largest absolute Gasteiger partial charge is 0.315 e. The number of rotatable bonds is 4. The smallest absolute Gasteiger partial charge is 0.231 e. The number of nitrogens with zero attached hydrogens (tertiary/aromatic N) is 1. The summed E-state index contributed by atoms with van der Waals surface area (Å²) in [5.41, 5.74) is 0.964. The Morgan fingerprint density at radius 1 is 1.17 bits per heavy atom. The molecule has 0 bridgehead atoms. The molecule has 0 aliphatic heterocycles. The van der Waals surface area contributed by atoms with Gasteiger partial charge in [-0.15, -0.1) is 23.2 Å². The maximum Gasteiger partial charge on any atom is 0.231 e. The van der Waals surface area contributed by atoms with E-state index in [-0.39, 0.29) is 34.7 Å². The topological polar surface area (TPSA) is 32.3 Å². The van der Waals surface area contributed by atoms with Crippen LogP contribution in [0.1, 0.15) is 32.1 Å². The molecule has 2 aliphatic carbocycles. The monoisotopic (exact) mass is 354 g/mol. The third kappa shape index (κ3) is 3.84. The quantitative estimate of drug-likeness (QED) is 0.658. The van der Waals surface area contributed by atoms with Crippen molar-refractivity contribution in [3.63, 3.8) is 0 Å². The molecule has 0 radical (unpaired) electrons. The Morgan fingerprint density at radius 2 is 1.87 bits per heavy atom. The van der Waals surface area contributed by atoms with E-state index in [1.807, 2.05) is 42.3 Å². The second-order valence-electron chi connectivity index (χ2n) is 6.63. The minimum atomic E-state index is -0.0376. The highest BCUT2D eigenvalue weighted by molar-refractivity contribution is 6.25. The first-order valence-corrected chi connectivity index (χ1v) is 9.32. The van der Waals surface area contributed by atoms with Gasteiger partial charge in [0.25, 0.3) is 0 Å². The first-order valence-electron chi connectivity index (χ1n) is 8.45. The average molecular weight is 355 g/mol. The van der Waals surface area contributed by atoms with Crippen LogP contribution in [0.2, 0.25) is 0 Å². The van der Waals surface area contributed by atoms with Crippen molar-refractivity contribution in [1.29, 1.82) is 0 Å². The number of carbonyl (C=O) groups excluding carboxylic acids is 1. The fraction of sp³-hybridized carbons (Fsp3) is 0.611. The Bertz CT molecular complexity index is 539. The molecule has 1 N–H and O–H groups in total. The summed E-state index contributed by atoms with van der Waals surface area (Å²) >= 11 is 12.6. The van der Waals surface area contributed by atoms with Gasteiger partial charge in [0.2, 0.25) is 5.91 Å². The lowest BCUT2D eigenvalue weighted by molar-refractivity contribution is -0.120. The molecule has 5 atom stereocenters. The Balaban J connectivity index is 1.91. The average Bonchev–Trinajstić information content (AvgIpc) is 3.31. The number of carbonyl (C=O) groups is 1. The summed E-state index contributed by atoms with van der Waals surface area (Å²) in [5.74, 6) is 0.124. The highest BCUT2D eigenvalue weighted by Gasteiger charge is 2.46. The van der Waals surface area contributed by atoms with Crippen molar-refractivity contribution in [2.45, 2.75) is 54.9 Å². The molecule has 1 aromatic carbocycles. The number of hydrogen-bond donors (Lipinski definition) is 1. The zero-order valence-corrected chi connectivity index (χ0v) is 14.9. The van der Waals surface area contributed by atoms with Crippen molar-refractivity contribution in [3.05, 3.63) is 30.3 Å². The van der Waals surface area contributed by atoms with Crippen molar-refractivity contribution in [2.75, 3.05) is 11.9 Å². The van der Waals surface area contributed by atoms with Crippen LogP contribution >= 0.6 is 23.2 Å². The number of nitrogens with one attached hydrogen (secondary N) is 1. The number of benzene rings is 1. The SMILES string of the molecule is CNC1CC(Cl)CCCC1N(C(=O)C1CC1Cl)c1ccccc1. The Morgan fingerprint density at radius 3 is 2.48 bits per heavy atom. The Labute approximate surface area is 148 Å². The van der Waals surface area contributed by atoms with Gasteiger partial charge in [-0.25, -0.2) is 0 Å². The van der Waals surface area contributed by atoms with Crippen LogP contribution in [-0.2, 0) is 4.79 Å². The normalized spacial score (nSPS) is 33.8. The van der Waals surface area contributed by atoms with Crippen molar-refractivity contribution in [2.24, 2.45) is 5.92 Å². The van der Waals surface area contributed by atoms with Gasteiger partial charge in [-0.3, -0.25) is 4.79 Å². The first-order chi connectivity index (χ1) is 11.1. The molecule has 0 heterocycles. The maximum atomic E-state index is 13.1. The molecule has 5 unspecified atom stereocenters. The molecule has 2 aliphatic rings. The fourth-order valence-electron chi connectivity index (χ4n) is 3.59. The number of hydrogen-bond acceptors (Lipinski definition) is 2. The number of para-hydroxylation sites is 1. The Kier molecular flexibility index (Phi) is 5.50. The van der Waals surface area contributed by atoms with Gasteiger partial charge in [0.1, 0.15) is 0 Å². The third-order valence-electron chi connectivity index (χ3n) is 5.00. The molecular weight excluding hydrogens is 331 g/mol. The van der Waals surface area contributed by atoms with E-state index in [4.69, 9.17) is 23.2 Å². The minimum absolute atomic E-state index is 0.00620. The highest BCUT2D eigenvalue weighted by Crippen LogP contribution is 2.40. The van der Waals surface area contributed by atoms with E-state index in [1.54, 1.807) is 0 Å². The fourth-order valence-corrected chi connectivity index (χ4v) is 4.23. The molecule has 1 amide bonds. The highest BCUT2D eigenvalue weighted by atomic mass is 35.5. The second kappa shape index (κ2) is 7.42. The molecule has 0 spiro atoms. The van der Waals surface area contributed by atoms with Crippen molar-refractivity contribution in [1.82, 2.24) is 5.32 Å². The van der Waals surface area contributed by atoms with Crippen LogP contribution in [0, 0.1) is 5.92 Å². The second-order valence-corrected chi connectivity index (χ2v) is 7.81. The third-order valence-corrected chi connectivity index (χ3v) is 5.87. The van der Waals surface area contributed by atoms with Gasteiger partial charge >= 0.3 is 0 Å². The molecule has 2 saturated carbocycles. The number of alkyl halides is 2. The van der Waals surface area contributed by atoms with E-state index in [9.17, 15) is 4.79 Å². The minimum Gasteiger partial charge on any atom is -0.315 e. The molecule has 23 heavy (non-hydrogen) atoms. The summed E-state index contributed by atoms with van der Waals surface area (Å²) in [7, 11) is 1.96. The van der Waals surface area contributed by atoms with E-state index < -0.39 is 0 Å². The van der Waals surface area contributed by atoms with Gasteiger partial charge < -0.3 is 10.2 Å². The first kappa shape index (κ1) is 17.1. The van der Waals surface area contributed by atoms with Crippen LogP contribution in [0.15, 0.2) is 30.3 Å². The Hall–Kier alpha value is -0.770. The van der Waals surface area contributed by atoms with Gasteiger partial charge in [0.15, 0.2) is 0 Å². The van der Waals surface area contributed by atoms with Crippen LogP contribution < -0.4 is 10.2 Å². The zero-order chi connectivity index (χ0) is 16.4. The molecule has 126 valence electrons. The predicted molar refractivity (Wildman–Crippen MR) is 96.4 cm³/mol. The number of amides is 1. The van der Waals surface area contributed by atoms with Crippen LogP contribution in [0.25, 0.3) is 0 Å². The van der Waals surface area contributed by atoms with E-state index in [0.717, 1.165) is 37.8 Å².